The van der Waals surface area contributed by atoms with Gasteiger partial charge < -0.3 is 5.32 Å². The molecule has 0 aliphatic carbocycles. The normalized spacial score (nSPS) is 10.3. The molecule has 0 fully saturated rings. The molecule has 2 aromatic carbocycles. The highest BCUT2D eigenvalue weighted by atomic mass is 14.9. The number of anilines is 1. The number of benzene rings is 2. The van der Waals surface area contributed by atoms with Crippen LogP contribution in [0.25, 0.3) is 0 Å². The number of aryl methyl sites for hydroxylation is 2. The molecule has 1 aliphatic heterocycles. The first-order valence-corrected chi connectivity index (χ1v) is 8.64. The van der Waals surface area contributed by atoms with Crippen LogP contribution in [-0.4, -0.2) is 6.54 Å². The highest BCUT2D eigenvalue weighted by molar-refractivity contribution is 5.54. The SMILES string of the molecule is C=CCC.CC.Cc1ccccc1C.c1ccc2c(c1)CCN2. The van der Waals surface area contributed by atoms with Crippen LogP contribution in [0, 0.1) is 13.8 Å². The molecule has 1 aliphatic rings. The summed E-state index contributed by atoms with van der Waals surface area (Å²) in [4.78, 5) is 0. The van der Waals surface area contributed by atoms with E-state index in [9.17, 15) is 0 Å². The summed E-state index contributed by atoms with van der Waals surface area (Å²) in [5.41, 5.74) is 5.51. The summed E-state index contributed by atoms with van der Waals surface area (Å²) >= 11 is 0. The Balaban J connectivity index is 0.000000320. The van der Waals surface area contributed by atoms with Crippen molar-refractivity contribution in [1.29, 1.82) is 0 Å². The van der Waals surface area contributed by atoms with Crippen LogP contribution in [0.15, 0.2) is 61.2 Å². The van der Waals surface area contributed by atoms with Gasteiger partial charge >= 0.3 is 0 Å². The maximum absolute atomic E-state index is 3.48. The molecule has 0 bridgehead atoms. The van der Waals surface area contributed by atoms with E-state index in [1.165, 1.54) is 28.8 Å². The lowest BCUT2D eigenvalue weighted by molar-refractivity contribution is 1.11. The Kier molecular flexibility index (Phi) is 12.4. The average molecular weight is 312 g/mol. The molecule has 0 aromatic heterocycles. The molecule has 1 heteroatoms. The molecule has 2 aromatic rings. The van der Waals surface area contributed by atoms with E-state index in [4.69, 9.17) is 0 Å². The predicted octanol–water partition coefficient (Wildman–Crippen LogP) is 6.57. The van der Waals surface area contributed by atoms with Crippen LogP contribution in [0.5, 0.6) is 0 Å². The maximum Gasteiger partial charge on any atom is 0.0373 e. The van der Waals surface area contributed by atoms with Gasteiger partial charge in [0.25, 0.3) is 0 Å². The van der Waals surface area contributed by atoms with E-state index in [1.807, 2.05) is 19.9 Å². The van der Waals surface area contributed by atoms with Crippen molar-refractivity contribution < 1.29 is 0 Å². The van der Waals surface area contributed by atoms with E-state index in [0.717, 1.165) is 13.0 Å². The largest absolute Gasteiger partial charge is 0.384 e. The second kappa shape index (κ2) is 13.6. The third-order valence-corrected chi connectivity index (χ3v) is 3.44. The van der Waals surface area contributed by atoms with E-state index >= 15 is 0 Å². The number of hydrogen-bond acceptors (Lipinski definition) is 1. The molecule has 1 heterocycles. The molecule has 0 atom stereocenters. The number of para-hydroxylation sites is 1. The van der Waals surface area contributed by atoms with E-state index in [-0.39, 0.29) is 0 Å². The van der Waals surface area contributed by atoms with Gasteiger partial charge in [0.2, 0.25) is 0 Å². The first-order valence-electron chi connectivity index (χ1n) is 8.64. The standard InChI is InChI=1S/C8H9N.C8H10.C4H8.C2H6/c1-2-4-8-7(3-1)5-6-9-8;1-7-5-3-4-6-8(7)2;1-3-4-2;1-2/h1-4,9H,5-6H2;3-6H,1-2H3;3H,1,4H2,2H3;1-2H3. The van der Waals surface area contributed by atoms with Crippen LogP contribution in [0.4, 0.5) is 5.69 Å². The van der Waals surface area contributed by atoms with Crippen molar-refractivity contribution in [2.24, 2.45) is 0 Å². The van der Waals surface area contributed by atoms with Crippen LogP contribution >= 0.6 is 0 Å². The third-order valence-electron chi connectivity index (χ3n) is 3.44. The molecule has 0 radical (unpaired) electrons. The Morgan fingerprint density at radius 1 is 0.957 bits per heavy atom. The van der Waals surface area contributed by atoms with Crippen molar-refractivity contribution in [2.45, 2.75) is 47.5 Å². The van der Waals surface area contributed by atoms with Crippen molar-refractivity contribution >= 4 is 5.69 Å². The summed E-state index contributed by atoms with van der Waals surface area (Å²) in [6, 6.07) is 16.8. The lowest BCUT2D eigenvalue weighted by Crippen LogP contribution is -1.90. The van der Waals surface area contributed by atoms with Gasteiger partial charge in [0, 0.05) is 12.2 Å². The van der Waals surface area contributed by atoms with Gasteiger partial charge in [-0.05, 0) is 49.4 Å². The molecule has 3 rings (SSSR count). The monoisotopic (exact) mass is 311 g/mol. The van der Waals surface area contributed by atoms with E-state index < -0.39 is 0 Å². The number of hydrogen-bond donors (Lipinski definition) is 1. The van der Waals surface area contributed by atoms with Gasteiger partial charge in [-0.3, -0.25) is 0 Å². The van der Waals surface area contributed by atoms with Crippen LogP contribution in [0.1, 0.15) is 43.9 Å². The fraction of sp³-hybridized carbons (Fsp3) is 0.364. The Morgan fingerprint density at radius 3 is 1.87 bits per heavy atom. The van der Waals surface area contributed by atoms with Crippen molar-refractivity contribution in [3.63, 3.8) is 0 Å². The molecule has 0 saturated carbocycles. The smallest absolute Gasteiger partial charge is 0.0373 e. The van der Waals surface area contributed by atoms with Crippen molar-refractivity contribution in [1.82, 2.24) is 0 Å². The van der Waals surface area contributed by atoms with Crippen LogP contribution in [-0.2, 0) is 6.42 Å². The maximum atomic E-state index is 3.48. The Hall–Kier alpha value is -2.02. The molecule has 23 heavy (non-hydrogen) atoms. The summed E-state index contributed by atoms with van der Waals surface area (Å²) in [5.74, 6) is 0. The Bertz CT molecular complexity index is 499. The summed E-state index contributed by atoms with van der Waals surface area (Å²) in [6.45, 7) is 14.9. The third kappa shape index (κ3) is 8.87. The van der Waals surface area contributed by atoms with Crippen LogP contribution in [0.3, 0.4) is 0 Å². The highest BCUT2D eigenvalue weighted by Crippen LogP contribution is 2.19. The first kappa shape index (κ1) is 21.0. The molecule has 0 spiro atoms. The number of allylic oxidation sites excluding steroid dienone is 1. The second-order valence-electron chi connectivity index (χ2n) is 5.12. The molecule has 1 N–H and O–H groups in total. The number of rotatable bonds is 1. The first-order chi connectivity index (χ1) is 11.2. The topological polar surface area (TPSA) is 12.0 Å². The van der Waals surface area contributed by atoms with Crippen LogP contribution < -0.4 is 5.32 Å². The average Bonchev–Trinajstić information content (AvgIpc) is 3.09. The van der Waals surface area contributed by atoms with E-state index in [1.54, 1.807) is 0 Å². The molecule has 0 amide bonds. The summed E-state index contributed by atoms with van der Waals surface area (Å²) in [6.07, 6.45) is 4.15. The fourth-order valence-electron chi connectivity index (χ4n) is 1.91. The van der Waals surface area contributed by atoms with Gasteiger partial charge in [-0.15, -0.1) is 6.58 Å². The zero-order chi connectivity index (χ0) is 17.5. The predicted molar refractivity (Wildman–Crippen MR) is 106 cm³/mol. The van der Waals surface area contributed by atoms with E-state index in [0.29, 0.717) is 0 Å². The number of fused-ring (bicyclic) bond motifs is 1. The van der Waals surface area contributed by atoms with Gasteiger partial charge in [0.1, 0.15) is 0 Å². The van der Waals surface area contributed by atoms with Gasteiger partial charge in [0.05, 0.1) is 0 Å². The lowest BCUT2D eigenvalue weighted by atomic mass is 10.1. The van der Waals surface area contributed by atoms with Gasteiger partial charge in [0.15, 0.2) is 0 Å². The van der Waals surface area contributed by atoms with Gasteiger partial charge in [-0.25, -0.2) is 0 Å². The van der Waals surface area contributed by atoms with E-state index in [2.05, 4.69) is 81.2 Å². The Morgan fingerprint density at radius 2 is 1.43 bits per heavy atom. The minimum absolute atomic E-state index is 1.08. The zero-order valence-corrected chi connectivity index (χ0v) is 15.5. The van der Waals surface area contributed by atoms with Crippen molar-refractivity contribution in [3.05, 3.63) is 77.9 Å². The second-order valence-corrected chi connectivity index (χ2v) is 5.12. The Labute approximate surface area is 143 Å². The highest BCUT2D eigenvalue weighted by Gasteiger charge is 2.05. The molecular formula is C22H33N. The summed E-state index contributed by atoms with van der Waals surface area (Å²) < 4.78 is 0. The minimum atomic E-state index is 1.08. The minimum Gasteiger partial charge on any atom is -0.384 e. The molecule has 1 nitrogen and oxygen atoms in total. The molecular weight excluding hydrogens is 278 g/mol. The number of nitrogens with one attached hydrogen (secondary N) is 1. The summed E-state index contributed by atoms with van der Waals surface area (Å²) in [7, 11) is 0. The van der Waals surface area contributed by atoms with Gasteiger partial charge in [-0.2, -0.15) is 0 Å². The fourth-order valence-corrected chi connectivity index (χ4v) is 1.91. The zero-order valence-electron chi connectivity index (χ0n) is 15.5. The molecule has 0 unspecified atom stereocenters. The molecule has 126 valence electrons. The van der Waals surface area contributed by atoms with Crippen LogP contribution in [0.2, 0.25) is 0 Å². The van der Waals surface area contributed by atoms with Gasteiger partial charge in [-0.1, -0.05) is 69.3 Å². The lowest BCUT2D eigenvalue weighted by Gasteiger charge is -1.94. The quantitative estimate of drug-likeness (QED) is 0.587. The summed E-state index contributed by atoms with van der Waals surface area (Å²) in [5, 5.41) is 3.30. The molecule has 0 saturated heterocycles. The van der Waals surface area contributed by atoms with Crippen molar-refractivity contribution in [3.8, 4) is 0 Å². The van der Waals surface area contributed by atoms with Crippen molar-refractivity contribution in [2.75, 3.05) is 11.9 Å².